The smallest absolute Gasteiger partial charge is 0.160 e. The van der Waals surface area contributed by atoms with Gasteiger partial charge in [-0.2, -0.15) is 0 Å². The number of benzene rings is 1. The van der Waals surface area contributed by atoms with Crippen molar-refractivity contribution in [2.75, 3.05) is 5.73 Å². The molecule has 1 heterocycles. The van der Waals surface area contributed by atoms with Gasteiger partial charge < -0.3 is 5.73 Å². The summed E-state index contributed by atoms with van der Waals surface area (Å²) in [5.74, 6) is 0.561. The molecule has 0 atom stereocenters. The number of ketones is 1. The number of nitrogens with two attached hydrogens (primary N) is 1. The Morgan fingerprint density at radius 1 is 1.24 bits per heavy atom. The van der Waals surface area contributed by atoms with Gasteiger partial charge in [-0.15, -0.1) is 0 Å². The second-order valence-corrected chi connectivity index (χ2v) is 4.69. The van der Waals surface area contributed by atoms with E-state index in [1.54, 1.807) is 19.2 Å². The average molecular weight is 244 g/mol. The van der Waals surface area contributed by atoms with Crippen molar-refractivity contribution in [1.82, 2.24) is 4.98 Å². The molecule has 0 spiro atoms. The van der Waals surface area contributed by atoms with Crippen LogP contribution in [0.15, 0.2) is 52.4 Å². The van der Waals surface area contributed by atoms with Gasteiger partial charge in [-0.3, -0.25) is 4.79 Å². The Bertz CT molecular complexity index is 537. The summed E-state index contributed by atoms with van der Waals surface area (Å²) in [6.07, 6.45) is 1.71. The number of hydrogen-bond donors (Lipinski definition) is 1. The Morgan fingerprint density at radius 3 is 2.65 bits per heavy atom. The van der Waals surface area contributed by atoms with E-state index in [0.717, 1.165) is 15.4 Å². The van der Waals surface area contributed by atoms with Crippen molar-refractivity contribution in [3.05, 3.63) is 48.2 Å². The zero-order valence-corrected chi connectivity index (χ0v) is 10.2. The monoisotopic (exact) mass is 244 g/mol. The van der Waals surface area contributed by atoms with E-state index in [1.807, 2.05) is 30.3 Å². The third kappa shape index (κ3) is 2.85. The first kappa shape index (κ1) is 11.7. The lowest BCUT2D eigenvalue weighted by molar-refractivity contribution is 0.101. The molecule has 1 aromatic carbocycles. The maximum atomic E-state index is 11.5. The van der Waals surface area contributed by atoms with Crippen LogP contribution in [0.4, 0.5) is 5.82 Å². The number of hydrogen-bond acceptors (Lipinski definition) is 4. The lowest BCUT2D eigenvalue weighted by Crippen LogP contribution is -1.94. The highest BCUT2D eigenvalue weighted by Crippen LogP contribution is 2.30. The molecule has 0 amide bonds. The minimum atomic E-state index is 0.0662. The van der Waals surface area contributed by atoms with Crippen LogP contribution in [0.3, 0.4) is 0 Å². The summed E-state index contributed by atoms with van der Waals surface area (Å²) in [4.78, 5) is 17.4. The molecule has 0 radical (unpaired) electrons. The van der Waals surface area contributed by atoms with E-state index >= 15 is 0 Å². The van der Waals surface area contributed by atoms with E-state index in [1.165, 1.54) is 11.8 Å². The van der Waals surface area contributed by atoms with Crippen LogP contribution >= 0.6 is 11.8 Å². The van der Waals surface area contributed by atoms with Gasteiger partial charge in [0.15, 0.2) is 5.78 Å². The van der Waals surface area contributed by atoms with Crippen molar-refractivity contribution >= 4 is 23.4 Å². The number of carbonyl (C=O) groups excluding carboxylic acids is 1. The van der Waals surface area contributed by atoms with Crippen molar-refractivity contribution in [2.45, 2.75) is 16.7 Å². The summed E-state index contributed by atoms with van der Waals surface area (Å²) in [5.41, 5.74) is 6.25. The molecule has 17 heavy (non-hydrogen) atoms. The van der Waals surface area contributed by atoms with E-state index in [9.17, 15) is 4.79 Å². The van der Waals surface area contributed by atoms with Crippen LogP contribution in [0.5, 0.6) is 0 Å². The zero-order valence-electron chi connectivity index (χ0n) is 9.38. The number of nitrogens with zero attached hydrogens (tertiary/aromatic N) is 1. The van der Waals surface area contributed by atoms with Gasteiger partial charge in [-0.05, 0) is 25.1 Å². The first-order valence-corrected chi connectivity index (χ1v) is 5.98. The number of anilines is 1. The van der Waals surface area contributed by atoms with Gasteiger partial charge in [0.05, 0.1) is 0 Å². The predicted octanol–water partition coefficient (Wildman–Crippen LogP) is 3.02. The van der Waals surface area contributed by atoms with E-state index in [2.05, 4.69) is 4.98 Å². The average Bonchev–Trinajstić information content (AvgIpc) is 2.32. The fourth-order valence-electron chi connectivity index (χ4n) is 1.43. The first-order valence-electron chi connectivity index (χ1n) is 5.16. The molecule has 0 fully saturated rings. The third-order valence-corrected chi connectivity index (χ3v) is 3.31. The Balaban J connectivity index is 2.30. The molecule has 0 saturated heterocycles. The van der Waals surface area contributed by atoms with Crippen LogP contribution in [-0.4, -0.2) is 10.8 Å². The van der Waals surface area contributed by atoms with Crippen LogP contribution in [0.2, 0.25) is 0 Å². The normalized spacial score (nSPS) is 10.2. The fourth-order valence-corrected chi connectivity index (χ4v) is 2.39. The van der Waals surface area contributed by atoms with Gasteiger partial charge in [0.1, 0.15) is 5.82 Å². The topological polar surface area (TPSA) is 56.0 Å². The number of pyridine rings is 1. The number of carbonyl (C=O) groups is 1. The van der Waals surface area contributed by atoms with E-state index in [0.29, 0.717) is 5.82 Å². The second kappa shape index (κ2) is 5.01. The SMILES string of the molecule is CC(=O)c1ccccc1Sc1ccc(N)nc1. The molecule has 4 heteroatoms. The fraction of sp³-hybridized carbons (Fsp3) is 0.0769. The highest BCUT2D eigenvalue weighted by molar-refractivity contribution is 7.99. The van der Waals surface area contributed by atoms with Gasteiger partial charge in [0.25, 0.3) is 0 Å². The standard InChI is InChI=1S/C13H12N2OS/c1-9(16)11-4-2-3-5-12(11)17-10-6-7-13(14)15-8-10/h2-8H,1H3,(H2,14,15). The molecule has 2 N–H and O–H groups in total. The largest absolute Gasteiger partial charge is 0.384 e. The van der Waals surface area contributed by atoms with Crippen molar-refractivity contribution in [1.29, 1.82) is 0 Å². The van der Waals surface area contributed by atoms with Crippen LogP contribution in [0, 0.1) is 0 Å². The number of rotatable bonds is 3. The maximum absolute atomic E-state index is 11.5. The summed E-state index contributed by atoms with van der Waals surface area (Å²) in [6, 6.07) is 11.2. The Labute approximate surface area is 104 Å². The van der Waals surface area contributed by atoms with Crippen LogP contribution in [0.25, 0.3) is 0 Å². The lowest BCUT2D eigenvalue weighted by atomic mass is 10.1. The molecule has 0 bridgehead atoms. The third-order valence-electron chi connectivity index (χ3n) is 2.25. The van der Waals surface area contributed by atoms with E-state index in [4.69, 9.17) is 5.73 Å². The van der Waals surface area contributed by atoms with E-state index < -0.39 is 0 Å². The number of nitrogen functional groups attached to an aromatic ring is 1. The summed E-state index contributed by atoms with van der Waals surface area (Å²) in [7, 11) is 0. The van der Waals surface area contributed by atoms with Gasteiger partial charge in [-0.1, -0.05) is 30.0 Å². The van der Waals surface area contributed by atoms with Gasteiger partial charge in [0, 0.05) is 21.6 Å². The molecular formula is C13H12N2OS. The number of aromatic nitrogens is 1. The Morgan fingerprint density at radius 2 is 2.00 bits per heavy atom. The minimum Gasteiger partial charge on any atom is -0.384 e. The molecule has 2 aromatic rings. The molecule has 86 valence electrons. The molecule has 0 saturated carbocycles. The van der Waals surface area contributed by atoms with E-state index in [-0.39, 0.29) is 5.78 Å². The second-order valence-electron chi connectivity index (χ2n) is 3.57. The van der Waals surface area contributed by atoms with Crippen LogP contribution < -0.4 is 5.73 Å². The summed E-state index contributed by atoms with van der Waals surface area (Å²) in [6.45, 7) is 1.57. The molecule has 0 aliphatic heterocycles. The minimum absolute atomic E-state index is 0.0662. The summed E-state index contributed by atoms with van der Waals surface area (Å²) >= 11 is 1.51. The highest BCUT2D eigenvalue weighted by Gasteiger charge is 2.07. The van der Waals surface area contributed by atoms with Crippen LogP contribution in [-0.2, 0) is 0 Å². The summed E-state index contributed by atoms with van der Waals surface area (Å²) in [5, 5.41) is 0. The van der Waals surface area contributed by atoms with Crippen LogP contribution in [0.1, 0.15) is 17.3 Å². The highest BCUT2D eigenvalue weighted by atomic mass is 32.2. The Kier molecular flexibility index (Phi) is 3.44. The lowest BCUT2D eigenvalue weighted by Gasteiger charge is -2.06. The molecule has 0 unspecified atom stereocenters. The van der Waals surface area contributed by atoms with Crippen molar-refractivity contribution in [3.8, 4) is 0 Å². The molecule has 0 aliphatic carbocycles. The number of Topliss-reactive ketones (excluding diaryl/α,β-unsaturated/α-hetero) is 1. The van der Waals surface area contributed by atoms with Crippen molar-refractivity contribution in [2.24, 2.45) is 0 Å². The first-order chi connectivity index (χ1) is 8.16. The zero-order chi connectivity index (χ0) is 12.3. The van der Waals surface area contributed by atoms with Crippen molar-refractivity contribution < 1.29 is 4.79 Å². The van der Waals surface area contributed by atoms with Gasteiger partial charge in [0.2, 0.25) is 0 Å². The van der Waals surface area contributed by atoms with Crippen molar-refractivity contribution in [3.63, 3.8) is 0 Å². The molecular weight excluding hydrogens is 232 g/mol. The van der Waals surface area contributed by atoms with Gasteiger partial charge >= 0.3 is 0 Å². The molecule has 2 rings (SSSR count). The molecule has 0 aliphatic rings. The Hall–Kier alpha value is -1.81. The predicted molar refractivity (Wildman–Crippen MR) is 69.2 cm³/mol. The molecule has 1 aromatic heterocycles. The van der Waals surface area contributed by atoms with Gasteiger partial charge in [-0.25, -0.2) is 4.98 Å². The molecule has 3 nitrogen and oxygen atoms in total. The summed E-state index contributed by atoms with van der Waals surface area (Å²) < 4.78 is 0. The quantitative estimate of drug-likeness (QED) is 0.843. The maximum Gasteiger partial charge on any atom is 0.160 e.